The summed E-state index contributed by atoms with van der Waals surface area (Å²) in [5, 5.41) is 5.79. The van der Waals surface area contributed by atoms with Crippen LogP contribution >= 0.6 is 0 Å². The highest BCUT2D eigenvalue weighted by molar-refractivity contribution is 5.97. The zero-order chi connectivity index (χ0) is 22.2. The molecule has 4 bridgehead atoms. The maximum atomic E-state index is 12.7. The lowest BCUT2D eigenvalue weighted by Gasteiger charge is -2.56. The molecule has 2 N–H and O–H groups in total. The Morgan fingerprint density at radius 1 is 1.06 bits per heavy atom. The Hall–Kier alpha value is -2.28. The van der Waals surface area contributed by atoms with Crippen LogP contribution in [0.25, 0.3) is 0 Å². The van der Waals surface area contributed by atoms with E-state index in [-0.39, 0.29) is 17.5 Å². The molecule has 7 nitrogen and oxygen atoms in total. The van der Waals surface area contributed by atoms with Gasteiger partial charge < -0.3 is 14.8 Å². The second-order valence-electron chi connectivity index (χ2n) is 9.92. The van der Waals surface area contributed by atoms with Gasteiger partial charge in [-0.05, 0) is 87.9 Å². The number of carbonyl (C=O) groups excluding carboxylic acids is 2. The van der Waals surface area contributed by atoms with Crippen LogP contribution in [-0.4, -0.2) is 49.7 Å². The minimum atomic E-state index is -0.449. The lowest BCUT2D eigenvalue weighted by molar-refractivity contribution is -0.124. The van der Waals surface area contributed by atoms with Crippen molar-refractivity contribution in [1.82, 2.24) is 15.5 Å². The van der Waals surface area contributed by atoms with Crippen LogP contribution in [0.3, 0.4) is 0 Å². The summed E-state index contributed by atoms with van der Waals surface area (Å²) in [6.45, 7) is 2.36. The first-order chi connectivity index (χ1) is 14.8. The zero-order valence-corrected chi connectivity index (χ0v) is 19.1. The van der Waals surface area contributed by atoms with Crippen molar-refractivity contribution in [2.75, 3.05) is 21.3 Å². The SMILES string of the molecule is COc1ccc(CN(C)[C@@H](C)C(=O)NC(=O)NC23CC4CC(CC(C4)C2)C3)cc1OC. The van der Waals surface area contributed by atoms with E-state index < -0.39 is 6.04 Å². The third kappa shape index (κ3) is 4.66. The molecule has 1 aromatic carbocycles. The summed E-state index contributed by atoms with van der Waals surface area (Å²) >= 11 is 0. The number of benzene rings is 1. The maximum absolute atomic E-state index is 12.7. The molecule has 4 saturated carbocycles. The van der Waals surface area contributed by atoms with Crippen molar-refractivity contribution in [3.8, 4) is 11.5 Å². The summed E-state index contributed by atoms with van der Waals surface area (Å²) in [6, 6.07) is 4.90. The van der Waals surface area contributed by atoms with Gasteiger partial charge in [-0.15, -0.1) is 0 Å². The average Bonchev–Trinajstić information content (AvgIpc) is 2.71. The molecule has 0 heterocycles. The fourth-order valence-electron chi connectivity index (χ4n) is 6.36. The van der Waals surface area contributed by atoms with E-state index >= 15 is 0 Å². The van der Waals surface area contributed by atoms with E-state index in [1.165, 1.54) is 19.3 Å². The number of methoxy groups -OCH3 is 2. The molecule has 0 radical (unpaired) electrons. The zero-order valence-electron chi connectivity index (χ0n) is 19.1. The third-order valence-corrected chi connectivity index (χ3v) is 7.57. The van der Waals surface area contributed by atoms with Crippen molar-refractivity contribution in [2.45, 2.75) is 63.6 Å². The van der Waals surface area contributed by atoms with Gasteiger partial charge in [0.05, 0.1) is 20.3 Å². The highest BCUT2D eigenvalue weighted by atomic mass is 16.5. The molecule has 1 aromatic rings. The number of hydrogen-bond acceptors (Lipinski definition) is 5. The van der Waals surface area contributed by atoms with Crippen LogP contribution < -0.4 is 20.1 Å². The van der Waals surface area contributed by atoms with Crippen molar-refractivity contribution < 1.29 is 19.1 Å². The minimum Gasteiger partial charge on any atom is -0.493 e. The van der Waals surface area contributed by atoms with Crippen LogP contribution in [0.5, 0.6) is 11.5 Å². The van der Waals surface area contributed by atoms with Gasteiger partial charge >= 0.3 is 6.03 Å². The number of imide groups is 1. The summed E-state index contributed by atoms with van der Waals surface area (Å²) in [7, 11) is 5.08. The third-order valence-electron chi connectivity index (χ3n) is 7.57. The molecule has 0 unspecified atom stereocenters. The van der Waals surface area contributed by atoms with Gasteiger partial charge in [0.25, 0.3) is 0 Å². The first kappa shape index (κ1) is 21.9. The van der Waals surface area contributed by atoms with Crippen LogP contribution in [0.4, 0.5) is 4.79 Å². The number of likely N-dealkylation sites (N-methyl/N-ethyl adjacent to an activating group) is 1. The van der Waals surface area contributed by atoms with Gasteiger partial charge in [-0.3, -0.25) is 15.0 Å². The van der Waals surface area contributed by atoms with E-state index in [2.05, 4.69) is 10.6 Å². The highest BCUT2D eigenvalue weighted by Gasteiger charge is 2.51. The van der Waals surface area contributed by atoms with Gasteiger partial charge in [-0.25, -0.2) is 4.79 Å². The van der Waals surface area contributed by atoms with E-state index in [0.717, 1.165) is 42.6 Å². The molecular weight excluding hydrogens is 394 g/mol. The smallest absolute Gasteiger partial charge is 0.321 e. The van der Waals surface area contributed by atoms with Gasteiger partial charge in [-0.1, -0.05) is 6.07 Å². The quantitative estimate of drug-likeness (QED) is 0.695. The molecule has 4 aliphatic rings. The van der Waals surface area contributed by atoms with Crippen molar-refractivity contribution in [3.05, 3.63) is 23.8 Å². The number of amides is 3. The monoisotopic (exact) mass is 429 g/mol. The molecule has 5 rings (SSSR count). The van der Waals surface area contributed by atoms with E-state index in [9.17, 15) is 9.59 Å². The summed E-state index contributed by atoms with van der Waals surface area (Å²) < 4.78 is 10.6. The number of hydrogen-bond donors (Lipinski definition) is 2. The fourth-order valence-corrected chi connectivity index (χ4v) is 6.36. The molecule has 0 aromatic heterocycles. The second kappa shape index (κ2) is 8.69. The number of urea groups is 1. The largest absolute Gasteiger partial charge is 0.493 e. The molecule has 0 aliphatic heterocycles. The number of nitrogens with one attached hydrogen (secondary N) is 2. The van der Waals surface area contributed by atoms with E-state index in [0.29, 0.717) is 18.0 Å². The number of carbonyl (C=O) groups is 2. The second-order valence-corrected chi connectivity index (χ2v) is 9.92. The summed E-state index contributed by atoms with van der Waals surface area (Å²) in [5.41, 5.74) is 0.895. The lowest BCUT2D eigenvalue weighted by Crippen LogP contribution is -2.62. The lowest BCUT2D eigenvalue weighted by atomic mass is 9.53. The Labute approximate surface area is 184 Å². The normalized spacial score (nSPS) is 29.5. The van der Waals surface area contributed by atoms with Crippen molar-refractivity contribution >= 4 is 11.9 Å². The Kier molecular flexibility index (Phi) is 6.15. The molecule has 4 fully saturated rings. The molecule has 7 heteroatoms. The van der Waals surface area contributed by atoms with Gasteiger partial charge in [0.2, 0.25) is 5.91 Å². The molecular formula is C24H35N3O4. The summed E-state index contributed by atoms with van der Waals surface area (Å²) in [4.78, 5) is 27.3. The molecule has 0 saturated heterocycles. The van der Waals surface area contributed by atoms with E-state index in [1.807, 2.05) is 37.1 Å². The molecule has 3 amide bonds. The number of nitrogens with zero attached hydrogens (tertiary/aromatic N) is 1. The standard InChI is InChI=1S/C24H35N3O4/c1-15(27(2)14-16-5-6-20(30-3)21(10-16)31-4)22(28)25-23(29)26-24-11-17-7-18(12-24)9-19(8-17)13-24/h5-6,10,15,17-19H,7-9,11-14H2,1-4H3,(H2,25,26,28,29)/t15-,17?,18?,19?,24?/m0/s1. The maximum Gasteiger partial charge on any atom is 0.321 e. The average molecular weight is 430 g/mol. The van der Waals surface area contributed by atoms with Gasteiger partial charge in [0, 0.05) is 12.1 Å². The Morgan fingerprint density at radius 2 is 1.65 bits per heavy atom. The summed E-state index contributed by atoms with van der Waals surface area (Å²) in [6.07, 6.45) is 7.15. The predicted octanol–water partition coefficient (Wildman–Crippen LogP) is 3.32. The van der Waals surface area contributed by atoms with Gasteiger partial charge in [0.15, 0.2) is 11.5 Å². The van der Waals surface area contributed by atoms with Crippen molar-refractivity contribution in [2.24, 2.45) is 17.8 Å². The van der Waals surface area contributed by atoms with E-state index in [4.69, 9.17) is 9.47 Å². The van der Waals surface area contributed by atoms with Crippen molar-refractivity contribution in [1.29, 1.82) is 0 Å². The summed E-state index contributed by atoms with van der Waals surface area (Å²) in [5.74, 6) is 3.27. The predicted molar refractivity (Wildman–Crippen MR) is 118 cm³/mol. The van der Waals surface area contributed by atoms with Crippen LogP contribution in [-0.2, 0) is 11.3 Å². The molecule has 170 valence electrons. The molecule has 31 heavy (non-hydrogen) atoms. The topological polar surface area (TPSA) is 79.9 Å². The van der Waals surface area contributed by atoms with Crippen LogP contribution in [0.2, 0.25) is 0 Å². The first-order valence-electron chi connectivity index (χ1n) is 11.3. The van der Waals surface area contributed by atoms with Crippen LogP contribution in [0.1, 0.15) is 51.0 Å². The molecule has 4 aliphatic carbocycles. The molecule has 0 spiro atoms. The van der Waals surface area contributed by atoms with E-state index in [1.54, 1.807) is 14.2 Å². The Bertz CT molecular complexity index is 805. The van der Waals surface area contributed by atoms with Gasteiger partial charge in [-0.2, -0.15) is 0 Å². The Balaban J connectivity index is 1.31. The van der Waals surface area contributed by atoms with Crippen LogP contribution in [0, 0.1) is 17.8 Å². The highest BCUT2D eigenvalue weighted by Crippen LogP contribution is 2.55. The first-order valence-corrected chi connectivity index (χ1v) is 11.3. The van der Waals surface area contributed by atoms with Crippen LogP contribution in [0.15, 0.2) is 18.2 Å². The fraction of sp³-hybridized carbons (Fsp3) is 0.667. The van der Waals surface area contributed by atoms with Gasteiger partial charge in [0.1, 0.15) is 0 Å². The molecule has 1 atom stereocenters. The minimum absolute atomic E-state index is 0.103. The number of rotatable bonds is 7. The number of ether oxygens (including phenoxy) is 2. The Morgan fingerprint density at radius 3 is 2.19 bits per heavy atom. The van der Waals surface area contributed by atoms with Crippen molar-refractivity contribution in [3.63, 3.8) is 0 Å².